The number of fused-ring (bicyclic) bond motifs is 6. The molecule has 188 valence electrons. The van der Waals surface area contributed by atoms with Crippen molar-refractivity contribution < 1.29 is 20.8 Å². The molecule has 2 aliphatic carbocycles. The summed E-state index contributed by atoms with van der Waals surface area (Å²) in [6, 6.07) is 0. The zero-order valence-electron chi connectivity index (χ0n) is 21.5. The van der Waals surface area contributed by atoms with Gasteiger partial charge in [0.2, 0.25) is 0 Å². The molecule has 0 aromatic rings. The molecule has 0 aromatic heterocycles. The van der Waals surface area contributed by atoms with Crippen LogP contribution in [0.3, 0.4) is 0 Å². The molecule has 2 saturated carbocycles. The first kappa shape index (κ1) is 30.6. The quantitative estimate of drug-likeness (QED) is 0.212. The van der Waals surface area contributed by atoms with Crippen LogP contribution >= 0.6 is 64.1 Å². The summed E-state index contributed by atoms with van der Waals surface area (Å²) in [6.45, 7) is 15.1. The van der Waals surface area contributed by atoms with Crippen molar-refractivity contribution in [2.45, 2.75) is 72.9 Å². The molecule has 0 N–H and O–H groups in total. The third-order valence-corrected chi connectivity index (χ3v) is 19.9. The molecule has 6 aliphatic rings. The van der Waals surface area contributed by atoms with Gasteiger partial charge in [-0.05, 0) is 82.1 Å². The number of hydrogen-bond acceptors (Lipinski definition) is 4. The summed E-state index contributed by atoms with van der Waals surface area (Å²) in [5, 5.41) is 3.40. The van der Waals surface area contributed by atoms with E-state index in [0.717, 1.165) is 55.8 Å². The number of rotatable bonds is 2. The van der Waals surface area contributed by atoms with Gasteiger partial charge in [0, 0.05) is 21.0 Å². The average molecular weight is 669 g/mol. The van der Waals surface area contributed by atoms with E-state index in [4.69, 9.17) is 17.0 Å². The van der Waals surface area contributed by atoms with Crippen molar-refractivity contribution in [3.63, 3.8) is 0 Å². The van der Waals surface area contributed by atoms with Gasteiger partial charge >= 0.3 is 37.9 Å². The summed E-state index contributed by atoms with van der Waals surface area (Å²) < 4.78 is 0. The maximum atomic E-state index is 4.93. The second-order valence-corrected chi connectivity index (χ2v) is 25.1. The molecule has 4 heterocycles. The zero-order chi connectivity index (χ0) is 22.9. The third-order valence-electron chi connectivity index (χ3n) is 8.54. The van der Waals surface area contributed by atoms with Gasteiger partial charge in [0.15, 0.2) is 0 Å². The van der Waals surface area contributed by atoms with Crippen LogP contribution in [0.5, 0.6) is 0 Å². The predicted molar refractivity (Wildman–Crippen MR) is 164 cm³/mol. The monoisotopic (exact) mass is 666 g/mol. The first-order valence-corrected chi connectivity index (χ1v) is 24.5. The minimum atomic E-state index is -1.52. The molecule has 0 aromatic carbocycles. The first-order chi connectivity index (χ1) is 15.2. The van der Waals surface area contributed by atoms with Gasteiger partial charge in [0.25, 0.3) is 0 Å². The Morgan fingerprint density at radius 3 is 1.00 bits per heavy atom. The van der Waals surface area contributed by atoms with Crippen LogP contribution in [-0.2, 0) is 20.8 Å². The van der Waals surface area contributed by atoms with E-state index in [-0.39, 0.29) is 14.9 Å². The van der Waals surface area contributed by atoms with Crippen LogP contribution in [0.25, 0.3) is 0 Å². The minimum absolute atomic E-state index is 0. The summed E-state index contributed by atoms with van der Waals surface area (Å²) >= 11 is 8.19. The van der Waals surface area contributed by atoms with Gasteiger partial charge in [-0.3, -0.25) is 0 Å². The molecule has 0 radical (unpaired) electrons. The number of allylic oxidation sites excluding steroid dienone is 8. The second kappa shape index (κ2) is 11.6. The number of thioether (sulfide) groups is 4. The van der Waals surface area contributed by atoms with Crippen LogP contribution in [-0.4, -0.2) is 29.1 Å². The molecule has 8 atom stereocenters. The number of hydrogen-bond donors (Lipinski definition) is 0. The summed E-state index contributed by atoms with van der Waals surface area (Å²) in [4.78, 5) is 6.38. The van der Waals surface area contributed by atoms with Crippen molar-refractivity contribution in [1.82, 2.24) is 0 Å². The van der Waals surface area contributed by atoms with E-state index in [1.165, 1.54) is 0 Å². The van der Waals surface area contributed by atoms with Gasteiger partial charge in [-0.25, -0.2) is 0 Å². The fourth-order valence-electron chi connectivity index (χ4n) is 7.65. The van der Waals surface area contributed by atoms with E-state index in [1.54, 1.807) is 19.6 Å². The topological polar surface area (TPSA) is 0 Å². The van der Waals surface area contributed by atoms with Gasteiger partial charge in [-0.15, -0.1) is 47.0 Å². The molecule has 2 fully saturated rings. The third kappa shape index (κ3) is 5.02. The van der Waals surface area contributed by atoms with Crippen LogP contribution in [0.1, 0.15) is 27.7 Å². The van der Waals surface area contributed by atoms with Gasteiger partial charge in [0.1, 0.15) is 0 Å². The van der Waals surface area contributed by atoms with E-state index in [0.29, 0.717) is 0 Å². The summed E-state index contributed by atoms with van der Waals surface area (Å²) in [5.41, 5.74) is 1.87. The maximum absolute atomic E-state index is 4.93. The molecule has 0 saturated heterocycles. The SMILES string of the molecule is CC1=CC2C3C=C(C)SC3C([Si](C)(C)C3C4SC(C)=CC4C4C=C(C)SC43)C2S1.[CH3-].[CH3-].[Cl][Zr+2][Cl]. The van der Waals surface area contributed by atoms with Crippen molar-refractivity contribution in [1.29, 1.82) is 0 Å². The average Bonchev–Trinajstić information content (AvgIpc) is 3.47. The molecule has 34 heavy (non-hydrogen) atoms. The van der Waals surface area contributed by atoms with Crippen LogP contribution in [0, 0.1) is 38.5 Å². The van der Waals surface area contributed by atoms with Crippen molar-refractivity contribution in [2.75, 3.05) is 0 Å². The first-order valence-electron chi connectivity index (χ1n) is 11.5. The van der Waals surface area contributed by atoms with Crippen molar-refractivity contribution in [3.05, 3.63) is 58.8 Å². The Morgan fingerprint density at radius 2 is 0.794 bits per heavy atom. The zero-order valence-corrected chi connectivity index (χ0v) is 29.7. The molecular formula is C26H38Cl2S4SiZr. The standard InChI is InChI=1S/C24H32S4Si.2CH3.2ClH.Zr/c1-11-7-15-16-8-12(2)26-20(16)23(19(15)25-11)29(5,6)24-21-17(9-13(3)27-21)18-10-14(4)28-22(18)24;;;;;/h7-10,15-24H,1-6H3;2*1H3;2*1H;/q;2*-1;;;+4/p-2. The van der Waals surface area contributed by atoms with Gasteiger partial charge in [-0.2, -0.15) is 0 Å². The van der Waals surface area contributed by atoms with Crippen LogP contribution in [0.15, 0.2) is 43.9 Å². The van der Waals surface area contributed by atoms with E-state index >= 15 is 0 Å². The van der Waals surface area contributed by atoms with Gasteiger partial charge in [-0.1, -0.05) is 37.4 Å². The Morgan fingerprint density at radius 1 is 0.588 bits per heavy atom. The molecule has 0 bridgehead atoms. The summed E-state index contributed by atoms with van der Waals surface area (Å²) in [5.74, 6) is 3.19. The molecule has 0 spiro atoms. The van der Waals surface area contributed by atoms with E-state index in [1.807, 2.05) is 0 Å². The molecule has 0 nitrogen and oxygen atoms in total. The Hall–Kier alpha value is 2.04. The fraction of sp³-hybridized carbons (Fsp3) is 0.615. The number of halogens is 2. The molecular weight excluding hydrogens is 631 g/mol. The van der Waals surface area contributed by atoms with Crippen LogP contribution < -0.4 is 0 Å². The normalized spacial score (nSPS) is 42.9. The molecule has 4 aliphatic heterocycles. The molecule has 8 unspecified atom stereocenters. The van der Waals surface area contributed by atoms with Crippen molar-refractivity contribution in [2.24, 2.45) is 23.7 Å². The Balaban J connectivity index is 0.000000618. The van der Waals surface area contributed by atoms with Gasteiger partial charge < -0.3 is 14.9 Å². The summed E-state index contributed by atoms with van der Waals surface area (Å²) in [7, 11) is 8.35. The van der Waals surface area contributed by atoms with E-state index in [9.17, 15) is 0 Å². The van der Waals surface area contributed by atoms with E-state index in [2.05, 4.69) is 112 Å². The Labute approximate surface area is 245 Å². The second-order valence-electron chi connectivity index (χ2n) is 10.7. The predicted octanol–water partition coefficient (Wildman–Crippen LogP) is 10.3. The molecule has 6 rings (SSSR count). The van der Waals surface area contributed by atoms with Gasteiger partial charge in [0.05, 0.1) is 8.07 Å². The van der Waals surface area contributed by atoms with Crippen molar-refractivity contribution in [3.8, 4) is 0 Å². The fourth-order valence-corrected chi connectivity index (χ4v) is 23.2. The molecule has 8 heteroatoms. The van der Waals surface area contributed by atoms with E-state index < -0.39 is 28.9 Å². The summed E-state index contributed by atoms with van der Waals surface area (Å²) in [6.07, 6.45) is 10.6. The van der Waals surface area contributed by atoms with Crippen LogP contribution in [0.2, 0.25) is 24.2 Å². The molecule has 0 amide bonds. The Bertz CT molecular complexity index is 782. The van der Waals surface area contributed by atoms with Crippen LogP contribution in [0.4, 0.5) is 0 Å². The van der Waals surface area contributed by atoms with Crippen molar-refractivity contribution >= 4 is 72.1 Å². The Kier molecular flexibility index (Phi) is 10.5.